The maximum absolute atomic E-state index is 12.2. The number of carbonyl (C=O) groups is 1. The second kappa shape index (κ2) is 9.19. The quantitative estimate of drug-likeness (QED) is 0.761. The molecule has 25 heavy (non-hydrogen) atoms. The largest absolute Gasteiger partial charge is 0.444 e. The molecule has 0 spiro atoms. The lowest BCUT2D eigenvalue weighted by molar-refractivity contribution is -0.168. The summed E-state index contributed by atoms with van der Waals surface area (Å²) < 4.78 is 16.8. The molecule has 6 nitrogen and oxygen atoms in total. The van der Waals surface area contributed by atoms with Crippen molar-refractivity contribution in [1.82, 2.24) is 5.32 Å². The third-order valence-corrected chi connectivity index (χ3v) is 4.75. The van der Waals surface area contributed by atoms with Gasteiger partial charge in [0.05, 0.1) is 18.2 Å². The smallest absolute Gasteiger partial charge is 0.407 e. The summed E-state index contributed by atoms with van der Waals surface area (Å²) in [5.41, 5.74) is -1.28. The maximum Gasteiger partial charge on any atom is 0.407 e. The van der Waals surface area contributed by atoms with Crippen LogP contribution in [0.15, 0.2) is 0 Å². The Balaban J connectivity index is 1.90. The van der Waals surface area contributed by atoms with E-state index in [1.54, 1.807) is 0 Å². The van der Waals surface area contributed by atoms with Crippen LogP contribution in [0.25, 0.3) is 0 Å². The Labute approximate surface area is 151 Å². The minimum absolute atomic E-state index is 0.210. The Morgan fingerprint density at radius 2 is 1.96 bits per heavy atom. The fourth-order valence-corrected chi connectivity index (χ4v) is 3.56. The summed E-state index contributed by atoms with van der Waals surface area (Å²) in [5.74, 6) is 0. The zero-order valence-electron chi connectivity index (χ0n) is 16.0. The zero-order chi connectivity index (χ0) is 18.3. The Bertz CT molecular complexity index is 409. The van der Waals surface area contributed by atoms with E-state index >= 15 is 0 Å². The first kappa shape index (κ1) is 20.5. The van der Waals surface area contributed by atoms with Crippen LogP contribution in [0.4, 0.5) is 4.79 Å². The van der Waals surface area contributed by atoms with Gasteiger partial charge in [-0.05, 0) is 59.3 Å². The van der Waals surface area contributed by atoms with Gasteiger partial charge in [0.25, 0.3) is 0 Å². The van der Waals surface area contributed by atoms with Crippen LogP contribution in [0.2, 0.25) is 0 Å². The molecule has 0 radical (unpaired) electrons. The third-order valence-electron chi connectivity index (χ3n) is 4.75. The van der Waals surface area contributed by atoms with Crippen LogP contribution < -0.4 is 5.32 Å². The van der Waals surface area contributed by atoms with E-state index in [1.807, 2.05) is 20.8 Å². The summed E-state index contributed by atoms with van der Waals surface area (Å²) in [4.78, 5) is 12.2. The average molecular weight is 357 g/mol. The molecule has 6 heteroatoms. The second-order valence-electron chi connectivity index (χ2n) is 8.46. The standard InChI is InChI=1S/C19H35NO5/c1-18(2,3)25-17(21)20-15(13-19(22)10-6-4-7-11-19)14-24-16-9-5-8-12-23-16/h15-16,22H,4-14H2,1-3H3,(H,20,21). The van der Waals surface area contributed by atoms with Gasteiger partial charge >= 0.3 is 6.09 Å². The van der Waals surface area contributed by atoms with Crippen molar-refractivity contribution in [1.29, 1.82) is 0 Å². The van der Waals surface area contributed by atoms with Gasteiger partial charge < -0.3 is 24.6 Å². The molecule has 0 bridgehead atoms. The van der Waals surface area contributed by atoms with Crippen molar-refractivity contribution in [2.45, 2.75) is 102 Å². The first-order valence-electron chi connectivity index (χ1n) is 9.71. The third kappa shape index (κ3) is 7.92. The highest BCUT2D eigenvalue weighted by atomic mass is 16.7. The molecule has 0 aromatic rings. The van der Waals surface area contributed by atoms with Gasteiger partial charge in [0.2, 0.25) is 0 Å². The lowest BCUT2D eigenvalue weighted by Crippen LogP contribution is -2.47. The first-order chi connectivity index (χ1) is 11.8. The molecule has 146 valence electrons. The SMILES string of the molecule is CC(C)(C)OC(=O)NC(COC1CCCCO1)CC1(O)CCCCC1. The molecule has 2 aliphatic rings. The number of hydrogen-bond acceptors (Lipinski definition) is 5. The van der Waals surface area contributed by atoms with Crippen molar-refractivity contribution in [3.05, 3.63) is 0 Å². The van der Waals surface area contributed by atoms with E-state index in [0.29, 0.717) is 13.0 Å². The molecular weight excluding hydrogens is 322 g/mol. The van der Waals surface area contributed by atoms with Crippen LogP contribution in [0.1, 0.15) is 78.6 Å². The van der Waals surface area contributed by atoms with Gasteiger partial charge in [-0.3, -0.25) is 0 Å². The van der Waals surface area contributed by atoms with E-state index in [1.165, 1.54) is 6.42 Å². The number of carbonyl (C=O) groups excluding carboxylic acids is 1. The normalized spacial score (nSPS) is 25.2. The van der Waals surface area contributed by atoms with Crippen molar-refractivity contribution in [3.63, 3.8) is 0 Å². The highest BCUT2D eigenvalue weighted by molar-refractivity contribution is 5.68. The monoisotopic (exact) mass is 357 g/mol. The topological polar surface area (TPSA) is 77.0 Å². The summed E-state index contributed by atoms with van der Waals surface area (Å²) in [6.07, 6.45) is 7.63. The Morgan fingerprint density at radius 1 is 1.24 bits per heavy atom. The van der Waals surface area contributed by atoms with Crippen molar-refractivity contribution >= 4 is 6.09 Å². The predicted molar refractivity (Wildman–Crippen MR) is 95.4 cm³/mol. The molecule has 1 heterocycles. The number of amides is 1. The summed E-state index contributed by atoms with van der Waals surface area (Å²) in [6, 6.07) is -0.288. The van der Waals surface area contributed by atoms with E-state index in [2.05, 4.69) is 5.32 Å². The van der Waals surface area contributed by atoms with E-state index in [-0.39, 0.29) is 12.3 Å². The molecule has 1 aliphatic carbocycles. The Hall–Kier alpha value is -0.850. The van der Waals surface area contributed by atoms with Crippen molar-refractivity contribution in [2.24, 2.45) is 0 Å². The van der Waals surface area contributed by atoms with Gasteiger partial charge in [-0.1, -0.05) is 19.3 Å². The Kier molecular flexibility index (Phi) is 7.52. The van der Waals surface area contributed by atoms with Crippen LogP contribution in [0, 0.1) is 0 Å². The molecular formula is C19H35NO5. The fourth-order valence-electron chi connectivity index (χ4n) is 3.56. The minimum Gasteiger partial charge on any atom is -0.444 e. The number of rotatable bonds is 6. The molecule has 1 amide bonds. The molecule has 2 fully saturated rings. The number of nitrogens with one attached hydrogen (secondary N) is 1. The summed E-state index contributed by atoms with van der Waals surface area (Å²) >= 11 is 0. The molecule has 2 rings (SSSR count). The summed E-state index contributed by atoms with van der Waals surface area (Å²) in [7, 11) is 0. The van der Waals surface area contributed by atoms with Crippen molar-refractivity contribution in [2.75, 3.05) is 13.2 Å². The average Bonchev–Trinajstić information content (AvgIpc) is 2.52. The number of aliphatic hydroxyl groups is 1. The molecule has 2 N–H and O–H groups in total. The zero-order valence-corrected chi connectivity index (χ0v) is 16.0. The maximum atomic E-state index is 12.2. The summed E-state index contributed by atoms with van der Waals surface area (Å²) in [6.45, 7) is 6.55. The van der Waals surface area contributed by atoms with E-state index < -0.39 is 17.3 Å². The molecule has 1 aliphatic heterocycles. The van der Waals surface area contributed by atoms with E-state index in [0.717, 1.165) is 51.6 Å². The number of alkyl carbamates (subject to hydrolysis) is 1. The fraction of sp³-hybridized carbons (Fsp3) is 0.947. The molecule has 0 aromatic carbocycles. The highest BCUT2D eigenvalue weighted by Crippen LogP contribution is 2.32. The van der Waals surface area contributed by atoms with Crippen LogP contribution in [0.3, 0.4) is 0 Å². The second-order valence-corrected chi connectivity index (χ2v) is 8.46. The van der Waals surface area contributed by atoms with Gasteiger partial charge in [0, 0.05) is 6.61 Å². The number of hydrogen-bond donors (Lipinski definition) is 2. The first-order valence-corrected chi connectivity index (χ1v) is 9.71. The minimum atomic E-state index is -0.727. The highest BCUT2D eigenvalue weighted by Gasteiger charge is 2.34. The van der Waals surface area contributed by atoms with Gasteiger partial charge in [0.1, 0.15) is 5.60 Å². The Morgan fingerprint density at radius 3 is 2.56 bits per heavy atom. The van der Waals surface area contributed by atoms with Crippen molar-refractivity contribution < 1.29 is 24.1 Å². The summed E-state index contributed by atoms with van der Waals surface area (Å²) in [5, 5.41) is 13.7. The molecule has 2 atom stereocenters. The molecule has 1 saturated carbocycles. The molecule has 2 unspecified atom stereocenters. The van der Waals surface area contributed by atoms with Crippen molar-refractivity contribution in [3.8, 4) is 0 Å². The number of ether oxygens (including phenoxy) is 3. The molecule has 1 saturated heterocycles. The van der Waals surface area contributed by atoms with Gasteiger partial charge in [-0.25, -0.2) is 4.79 Å². The molecule has 0 aromatic heterocycles. The van der Waals surface area contributed by atoms with Crippen LogP contribution in [-0.4, -0.2) is 47.9 Å². The van der Waals surface area contributed by atoms with Gasteiger partial charge in [-0.15, -0.1) is 0 Å². The van der Waals surface area contributed by atoms with E-state index in [4.69, 9.17) is 14.2 Å². The van der Waals surface area contributed by atoms with E-state index in [9.17, 15) is 9.90 Å². The lowest BCUT2D eigenvalue weighted by atomic mass is 9.80. The van der Waals surface area contributed by atoms with Gasteiger partial charge in [0.15, 0.2) is 6.29 Å². The lowest BCUT2D eigenvalue weighted by Gasteiger charge is -2.36. The predicted octanol–water partition coefficient (Wildman–Crippen LogP) is 3.51. The van der Waals surface area contributed by atoms with Crippen LogP contribution in [-0.2, 0) is 14.2 Å². The van der Waals surface area contributed by atoms with Crippen LogP contribution in [0.5, 0.6) is 0 Å². The van der Waals surface area contributed by atoms with Crippen LogP contribution >= 0.6 is 0 Å². The van der Waals surface area contributed by atoms with Gasteiger partial charge in [-0.2, -0.15) is 0 Å².